The molecule has 1 aromatic rings. The van der Waals surface area contributed by atoms with Gasteiger partial charge in [0.15, 0.2) is 0 Å². The highest BCUT2D eigenvalue weighted by molar-refractivity contribution is 9.10. The molecule has 0 aromatic heterocycles. The van der Waals surface area contributed by atoms with Crippen molar-refractivity contribution in [2.24, 2.45) is 0 Å². The summed E-state index contributed by atoms with van der Waals surface area (Å²) < 4.78 is 1.05. The Morgan fingerprint density at radius 3 is 2.80 bits per heavy atom. The number of hydrogen-bond donors (Lipinski definition) is 0. The van der Waals surface area contributed by atoms with Gasteiger partial charge in [-0.1, -0.05) is 22.9 Å². The number of carbonyl (C=O) groups is 1. The van der Waals surface area contributed by atoms with Crippen LogP contribution in [0.1, 0.15) is 35.7 Å². The van der Waals surface area contributed by atoms with Crippen LogP contribution in [0.5, 0.6) is 0 Å². The average molecular weight is 339 g/mol. The van der Waals surface area contributed by atoms with Crippen LogP contribution < -0.4 is 0 Å². The first kappa shape index (κ1) is 15.5. The zero-order valence-electron chi connectivity index (χ0n) is 12.5. The summed E-state index contributed by atoms with van der Waals surface area (Å²) in [6.45, 7) is 7.08. The monoisotopic (exact) mass is 338 g/mol. The summed E-state index contributed by atoms with van der Waals surface area (Å²) in [5.74, 6) is 0.169. The fourth-order valence-electron chi connectivity index (χ4n) is 2.80. The molecular formula is C16H23BrN2O. The Labute approximate surface area is 130 Å². The third kappa shape index (κ3) is 3.41. The van der Waals surface area contributed by atoms with E-state index < -0.39 is 0 Å². The van der Waals surface area contributed by atoms with Crippen molar-refractivity contribution in [3.8, 4) is 0 Å². The van der Waals surface area contributed by atoms with Gasteiger partial charge in [-0.05, 0) is 57.1 Å². The van der Waals surface area contributed by atoms with E-state index in [1.807, 2.05) is 25.1 Å². The quantitative estimate of drug-likeness (QED) is 0.825. The van der Waals surface area contributed by atoms with Crippen LogP contribution >= 0.6 is 15.9 Å². The number of hydrogen-bond acceptors (Lipinski definition) is 2. The number of rotatable bonds is 2. The number of likely N-dealkylation sites (N-methyl/N-ethyl adjacent to an activating group) is 1. The molecule has 4 heteroatoms. The number of aryl methyl sites for hydroxylation is 1. The normalized spacial score (nSPS) is 20.8. The third-order valence-electron chi connectivity index (χ3n) is 4.04. The van der Waals surface area contributed by atoms with Crippen molar-refractivity contribution in [1.82, 2.24) is 9.80 Å². The van der Waals surface area contributed by atoms with Gasteiger partial charge in [0.2, 0.25) is 0 Å². The molecule has 0 N–H and O–H groups in total. The number of amides is 1. The van der Waals surface area contributed by atoms with Gasteiger partial charge < -0.3 is 9.80 Å². The zero-order valence-corrected chi connectivity index (χ0v) is 14.1. The van der Waals surface area contributed by atoms with Crippen LogP contribution in [0.15, 0.2) is 22.7 Å². The standard InChI is InChI=1S/C16H23BrN2O/c1-4-14-11-18(3)8-5-9-19(14)16(20)13-6-7-15(17)12(2)10-13/h6-7,10,14H,4-5,8-9,11H2,1-3H3. The minimum absolute atomic E-state index is 0.169. The minimum Gasteiger partial charge on any atom is -0.334 e. The van der Waals surface area contributed by atoms with E-state index in [1.165, 1.54) is 0 Å². The van der Waals surface area contributed by atoms with E-state index in [1.54, 1.807) is 0 Å². The lowest BCUT2D eigenvalue weighted by Gasteiger charge is -2.30. The molecule has 0 radical (unpaired) electrons. The first-order valence-electron chi connectivity index (χ1n) is 7.28. The van der Waals surface area contributed by atoms with Crippen molar-refractivity contribution < 1.29 is 4.79 Å². The SMILES string of the molecule is CCC1CN(C)CCCN1C(=O)c1ccc(Br)c(C)c1. The Balaban J connectivity index is 2.23. The number of nitrogens with zero attached hydrogens (tertiary/aromatic N) is 2. The van der Waals surface area contributed by atoms with Crippen LogP contribution in [0, 0.1) is 6.92 Å². The van der Waals surface area contributed by atoms with Crippen LogP contribution in [-0.2, 0) is 0 Å². The second kappa shape index (κ2) is 6.72. The van der Waals surface area contributed by atoms with Crippen molar-refractivity contribution in [2.45, 2.75) is 32.7 Å². The van der Waals surface area contributed by atoms with Gasteiger partial charge in [0.1, 0.15) is 0 Å². The van der Waals surface area contributed by atoms with Gasteiger partial charge in [-0.25, -0.2) is 0 Å². The first-order chi connectivity index (χ1) is 9.52. The van der Waals surface area contributed by atoms with Gasteiger partial charge >= 0.3 is 0 Å². The summed E-state index contributed by atoms with van der Waals surface area (Å²) in [6.07, 6.45) is 2.06. The summed E-state index contributed by atoms with van der Waals surface area (Å²) in [7, 11) is 2.14. The lowest BCUT2D eigenvalue weighted by Crippen LogP contribution is -2.43. The molecule has 1 amide bonds. The van der Waals surface area contributed by atoms with E-state index in [9.17, 15) is 4.79 Å². The van der Waals surface area contributed by atoms with E-state index in [2.05, 4.69) is 39.7 Å². The van der Waals surface area contributed by atoms with E-state index in [-0.39, 0.29) is 5.91 Å². The first-order valence-corrected chi connectivity index (χ1v) is 8.08. The van der Waals surface area contributed by atoms with Crippen molar-refractivity contribution in [3.63, 3.8) is 0 Å². The van der Waals surface area contributed by atoms with Crippen LogP contribution in [0.2, 0.25) is 0 Å². The molecule has 110 valence electrons. The second-order valence-corrected chi connectivity index (χ2v) is 6.49. The lowest BCUT2D eigenvalue weighted by atomic mass is 10.1. The van der Waals surface area contributed by atoms with Gasteiger partial charge in [0.05, 0.1) is 0 Å². The minimum atomic E-state index is 0.169. The van der Waals surface area contributed by atoms with E-state index in [0.29, 0.717) is 6.04 Å². The van der Waals surface area contributed by atoms with Crippen LogP contribution in [-0.4, -0.2) is 48.4 Å². The van der Waals surface area contributed by atoms with Crippen LogP contribution in [0.3, 0.4) is 0 Å². The largest absolute Gasteiger partial charge is 0.334 e. The van der Waals surface area contributed by atoms with E-state index >= 15 is 0 Å². The van der Waals surface area contributed by atoms with Gasteiger partial charge in [-0.15, -0.1) is 0 Å². The molecular weight excluding hydrogens is 316 g/mol. The number of halogens is 1. The predicted molar refractivity (Wildman–Crippen MR) is 86.1 cm³/mol. The molecule has 1 heterocycles. The Kier molecular flexibility index (Phi) is 5.22. The maximum Gasteiger partial charge on any atom is 0.254 e. The van der Waals surface area contributed by atoms with Crippen molar-refractivity contribution in [3.05, 3.63) is 33.8 Å². The topological polar surface area (TPSA) is 23.6 Å². The van der Waals surface area contributed by atoms with Crippen molar-refractivity contribution in [1.29, 1.82) is 0 Å². The maximum atomic E-state index is 12.8. The molecule has 0 spiro atoms. The highest BCUT2D eigenvalue weighted by atomic mass is 79.9. The van der Waals surface area contributed by atoms with Gasteiger partial charge in [-0.3, -0.25) is 4.79 Å². The molecule has 0 aliphatic carbocycles. The Bertz CT molecular complexity index is 489. The van der Waals surface area contributed by atoms with E-state index in [4.69, 9.17) is 0 Å². The summed E-state index contributed by atoms with van der Waals surface area (Å²) in [5, 5.41) is 0. The molecule has 20 heavy (non-hydrogen) atoms. The van der Waals surface area contributed by atoms with Crippen molar-refractivity contribution >= 4 is 21.8 Å². The number of carbonyl (C=O) groups excluding carboxylic acids is 1. The van der Waals surface area contributed by atoms with Crippen LogP contribution in [0.25, 0.3) is 0 Å². The average Bonchev–Trinajstić information content (AvgIpc) is 2.62. The Morgan fingerprint density at radius 2 is 2.15 bits per heavy atom. The molecule has 1 unspecified atom stereocenters. The lowest BCUT2D eigenvalue weighted by molar-refractivity contribution is 0.0675. The Morgan fingerprint density at radius 1 is 1.40 bits per heavy atom. The number of benzene rings is 1. The second-order valence-electron chi connectivity index (χ2n) is 5.64. The molecule has 3 nitrogen and oxygen atoms in total. The molecule has 1 aliphatic heterocycles. The summed E-state index contributed by atoms with van der Waals surface area (Å²) in [5.41, 5.74) is 1.91. The highest BCUT2D eigenvalue weighted by Gasteiger charge is 2.26. The molecule has 1 saturated heterocycles. The zero-order chi connectivity index (χ0) is 14.7. The molecule has 1 aliphatic rings. The fraction of sp³-hybridized carbons (Fsp3) is 0.562. The highest BCUT2D eigenvalue weighted by Crippen LogP contribution is 2.20. The molecule has 2 rings (SSSR count). The maximum absolute atomic E-state index is 12.8. The molecule has 0 saturated carbocycles. The van der Waals surface area contributed by atoms with Gasteiger partial charge in [0, 0.05) is 29.2 Å². The molecule has 1 atom stereocenters. The fourth-order valence-corrected chi connectivity index (χ4v) is 3.05. The smallest absolute Gasteiger partial charge is 0.254 e. The van der Waals surface area contributed by atoms with Crippen LogP contribution in [0.4, 0.5) is 0 Å². The predicted octanol–water partition coefficient (Wildman–Crippen LogP) is 3.31. The molecule has 1 fully saturated rings. The summed E-state index contributed by atoms with van der Waals surface area (Å²) in [4.78, 5) is 17.2. The molecule has 1 aromatic carbocycles. The van der Waals surface area contributed by atoms with Gasteiger partial charge in [0.25, 0.3) is 5.91 Å². The van der Waals surface area contributed by atoms with E-state index in [0.717, 1.165) is 48.1 Å². The summed E-state index contributed by atoms with van der Waals surface area (Å²) in [6, 6.07) is 6.18. The van der Waals surface area contributed by atoms with Gasteiger partial charge in [-0.2, -0.15) is 0 Å². The summed E-state index contributed by atoms with van der Waals surface area (Å²) >= 11 is 3.49. The molecule has 0 bridgehead atoms. The Hall–Kier alpha value is -0.870. The van der Waals surface area contributed by atoms with Crippen molar-refractivity contribution in [2.75, 3.05) is 26.7 Å². The third-order valence-corrected chi connectivity index (χ3v) is 4.93.